The summed E-state index contributed by atoms with van der Waals surface area (Å²) in [5.74, 6) is 0. The highest BCUT2D eigenvalue weighted by Crippen LogP contribution is 2.13. The summed E-state index contributed by atoms with van der Waals surface area (Å²) >= 11 is 0. The number of aryl methyl sites for hydroxylation is 1. The molecule has 0 saturated heterocycles. The molecule has 0 radical (unpaired) electrons. The lowest BCUT2D eigenvalue weighted by molar-refractivity contribution is 0.429. The van der Waals surface area contributed by atoms with E-state index in [2.05, 4.69) is 49.5 Å². The van der Waals surface area contributed by atoms with Crippen molar-refractivity contribution in [3.63, 3.8) is 0 Å². The van der Waals surface area contributed by atoms with E-state index < -0.39 is 0 Å². The van der Waals surface area contributed by atoms with Crippen molar-refractivity contribution < 1.29 is 0 Å². The zero-order chi connectivity index (χ0) is 15.2. The van der Waals surface area contributed by atoms with Crippen molar-refractivity contribution >= 4 is 0 Å². The van der Waals surface area contributed by atoms with E-state index in [0.717, 1.165) is 12.6 Å². The van der Waals surface area contributed by atoms with Gasteiger partial charge in [-0.25, -0.2) is 0 Å². The molecular weight excluding hydrogens is 254 g/mol. The van der Waals surface area contributed by atoms with Gasteiger partial charge >= 0.3 is 0 Å². The lowest BCUT2D eigenvalue weighted by Gasteiger charge is -2.17. The van der Waals surface area contributed by atoms with Gasteiger partial charge in [0.25, 0.3) is 0 Å². The molecule has 0 fully saturated rings. The molecule has 1 atom stereocenters. The summed E-state index contributed by atoms with van der Waals surface area (Å²) in [7, 11) is 0. The smallest absolute Gasteiger partial charge is 0.00670 e. The first-order valence-corrected chi connectivity index (χ1v) is 9.14. The molecule has 0 heterocycles. The summed E-state index contributed by atoms with van der Waals surface area (Å²) in [4.78, 5) is 0. The third kappa shape index (κ3) is 9.68. The Morgan fingerprint density at radius 1 is 0.810 bits per heavy atom. The summed E-state index contributed by atoms with van der Waals surface area (Å²) in [6.45, 7) is 5.62. The van der Waals surface area contributed by atoms with Crippen LogP contribution in [0.3, 0.4) is 0 Å². The van der Waals surface area contributed by atoms with Crippen LogP contribution in [0.2, 0.25) is 0 Å². The molecule has 1 unspecified atom stereocenters. The van der Waals surface area contributed by atoms with Gasteiger partial charge in [0.15, 0.2) is 0 Å². The Bertz CT molecular complexity index is 320. The highest BCUT2D eigenvalue weighted by Gasteiger charge is 2.06. The second-order valence-corrected chi connectivity index (χ2v) is 6.19. The molecular formula is C20H35N. The van der Waals surface area contributed by atoms with Crippen LogP contribution in [0, 0.1) is 0 Å². The van der Waals surface area contributed by atoms with E-state index in [-0.39, 0.29) is 0 Å². The van der Waals surface area contributed by atoms with Gasteiger partial charge in [-0.3, -0.25) is 0 Å². The minimum absolute atomic E-state index is 0.727. The monoisotopic (exact) mass is 289 g/mol. The molecule has 0 aromatic heterocycles. The van der Waals surface area contributed by atoms with E-state index in [9.17, 15) is 0 Å². The lowest BCUT2D eigenvalue weighted by atomic mass is 9.99. The zero-order valence-electron chi connectivity index (χ0n) is 14.2. The zero-order valence-corrected chi connectivity index (χ0v) is 14.2. The van der Waals surface area contributed by atoms with Crippen molar-refractivity contribution in [2.45, 2.75) is 84.1 Å². The van der Waals surface area contributed by atoms with Crippen molar-refractivity contribution in [1.82, 2.24) is 5.32 Å². The molecule has 0 bridgehead atoms. The second-order valence-electron chi connectivity index (χ2n) is 6.19. The normalized spacial score (nSPS) is 12.5. The fourth-order valence-corrected chi connectivity index (χ4v) is 3.01. The number of rotatable bonds is 13. The maximum atomic E-state index is 3.67. The van der Waals surface area contributed by atoms with Crippen LogP contribution < -0.4 is 5.32 Å². The quantitative estimate of drug-likeness (QED) is 0.457. The Labute approximate surface area is 132 Å². The summed E-state index contributed by atoms with van der Waals surface area (Å²) in [6.07, 6.45) is 13.6. The second kappa shape index (κ2) is 12.9. The third-order valence-corrected chi connectivity index (χ3v) is 4.26. The fraction of sp³-hybridized carbons (Fsp3) is 0.700. The van der Waals surface area contributed by atoms with Crippen LogP contribution >= 0.6 is 0 Å². The predicted molar refractivity (Wildman–Crippen MR) is 94.8 cm³/mol. The van der Waals surface area contributed by atoms with E-state index in [1.807, 2.05) is 0 Å². The molecule has 0 aliphatic heterocycles. The van der Waals surface area contributed by atoms with E-state index in [4.69, 9.17) is 0 Å². The molecule has 0 amide bonds. The summed E-state index contributed by atoms with van der Waals surface area (Å²) in [6, 6.07) is 11.6. The van der Waals surface area contributed by atoms with Crippen molar-refractivity contribution in [1.29, 1.82) is 0 Å². The van der Waals surface area contributed by atoms with Crippen molar-refractivity contribution in [2.24, 2.45) is 0 Å². The first-order valence-electron chi connectivity index (χ1n) is 9.14. The maximum absolute atomic E-state index is 3.67. The lowest BCUT2D eigenvalue weighted by Crippen LogP contribution is -2.28. The minimum Gasteiger partial charge on any atom is -0.314 e. The summed E-state index contributed by atoms with van der Waals surface area (Å²) in [5, 5.41) is 3.67. The minimum atomic E-state index is 0.727. The van der Waals surface area contributed by atoms with Crippen molar-refractivity contribution in [3.05, 3.63) is 35.9 Å². The maximum Gasteiger partial charge on any atom is 0.00670 e. The van der Waals surface area contributed by atoms with Gasteiger partial charge in [-0.1, -0.05) is 82.7 Å². The first kappa shape index (κ1) is 18.2. The van der Waals surface area contributed by atoms with Gasteiger partial charge in [0, 0.05) is 6.04 Å². The molecule has 21 heavy (non-hydrogen) atoms. The summed E-state index contributed by atoms with van der Waals surface area (Å²) in [5.41, 5.74) is 1.48. The van der Waals surface area contributed by atoms with Crippen molar-refractivity contribution in [3.8, 4) is 0 Å². The predicted octanol–water partition coefficient (Wildman–Crippen LogP) is 5.74. The van der Waals surface area contributed by atoms with Crippen LogP contribution in [0.15, 0.2) is 30.3 Å². The van der Waals surface area contributed by atoms with Gasteiger partial charge in [-0.2, -0.15) is 0 Å². The standard InChI is InChI=1S/C20H35N/c1-3-5-6-7-8-12-17-20(21-4-2)18-13-16-19-14-10-9-11-15-19/h9-11,14-15,20-21H,3-8,12-13,16-18H2,1-2H3. The van der Waals surface area contributed by atoms with Crippen LogP contribution in [0.1, 0.15) is 77.2 Å². The molecule has 1 aromatic rings. The molecule has 1 rings (SSSR count). The molecule has 0 aliphatic carbocycles. The largest absolute Gasteiger partial charge is 0.314 e. The number of unbranched alkanes of at least 4 members (excludes halogenated alkanes) is 5. The third-order valence-electron chi connectivity index (χ3n) is 4.26. The topological polar surface area (TPSA) is 12.0 Å². The average Bonchev–Trinajstić information content (AvgIpc) is 2.51. The Morgan fingerprint density at radius 3 is 2.19 bits per heavy atom. The molecule has 1 nitrogen and oxygen atoms in total. The highest BCUT2D eigenvalue weighted by molar-refractivity contribution is 5.14. The van der Waals surface area contributed by atoms with Gasteiger partial charge in [-0.05, 0) is 37.8 Å². The Kier molecular flexibility index (Phi) is 11.2. The molecule has 1 heteroatoms. The van der Waals surface area contributed by atoms with Crippen LogP contribution in [-0.4, -0.2) is 12.6 Å². The average molecular weight is 290 g/mol. The van der Waals surface area contributed by atoms with E-state index in [0.29, 0.717) is 0 Å². The van der Waals surface area contributed by atoms with Crippen molar-refractivity contribution in [2.75, 3.05) is 6.54 Å². The SMILES string of the molecule is CCCCCCCCC(CCCc1ccccc1)NCC. The van der Waals surface area contributed by atoms with Crippen LogP contribution in [-0.2, 0) is 6.42 Å². The number of hydrogen-bond donors (Lipinski definition) is 1. The van der Waals surface area contributed by atoms with Gasteiger partial charge in [0.1, 0.15) is 0 Å². The van der Waals surface area contributed by atoms with E-state index in [1.165, 1.54) is 69.8 Å². The molecule has 0 spiro atoms. The van der Waals surface area contributed by atoms with Crippen LogP contribution in [0.25, 0.3) is 0 Å². The molecule has 1 N–H and O–H groups in total. The van der Waals surface area contributed by atoms with E-state index in [1.54, 1.807) is 0 Å². The van der Waals surface area contributed by atoms with Crippen LogP contribution in [0.5, 0.6) is 0 Å². The molecule has 0 saturated carbocycles. The fourth-order valence-electron chi connectivity index (χ4n) is 3.01. The highest BCUT2D eigenvalue weighted by atomic mass is 14.9. The van der Waals surface area contributed by atoms with Crippen LogP contribution in [0.4, 0.5) is 0 Å². The Balaban J connectivity index is 2.11. The van der Waals surface area contributed by atoms with E-state index >= 15 is 0 Å². The summed E-state index contributed by atoms with van der Waals surface area (Å²) < 4.78 is 0. The van der Waals surface area contributed by atoms with Gasteiger partial charge in [0.05, 0.1) is 0 Å². The van der Waals surface area contributed by atoms with Gasteiger partial charge < -0.3 is 5.32 Å². The number of nitrogens with one attached hydrogen (secondary N) is 1. The van der Waals surface area contributed by atoms with Gasteiger partial charge in [0.2, 0.25) is 0 Å². The Morgan fingerprint density at radius 2 is 1.48 bits per heavy atom. The molecule has 0 aliphatic rings. The number of benzene rings is 1. The molecule has 120 valence electrons. The Hall–Kier alpha value is -0.820. The first-order chi connectivity index (χ1) is 10.4. The number of hydrogen-bond acceptors (Lipinski definition) is 1. The molecule has 1 aromatic carbocycles. The van der Waals surface area contributed by atoms with Gasteiger partial charge in [-0.15, -0.1) is 0 Å².